The van der Waals surface area contributed by atoms with E-state index in [-0.39, 0.29) is 21.1 Å². The van der Waals surface area contributed by atoms with Gasteiger partial charge in [-0.05, 0) is 13.8 Å². The van der Waals surface area contributed by atoms with Crippen LogP contribution < -0.4 is 0 Å². The van der Waals surface area contributed by atoms with Gasteiger partial charge < -0.3 is 0 Å². The molecular formula is C16H17W-. The number of hydrogen-bond acceptors (Lipinski definition) is 0. The second-order valence-corrected chi connectivity index (χ2v) is 4.57. The van der Waals surface area contributed by atoms with E-state index in [1.807, 2.05) is 0 Å². The van der Waals surface area contributed by atoms with Crippen LogP contribution in [0.2, 0.25) is 0 Å². The predicted octanol–water partition coefficient (Wildman–Crippen LogP) is 4.38. The summed E-state index contributed by atoms with van der Waals surface area (Å²) in [5, 5.41) is 0. The van der Waals surface area contributed by atoms with E-state index >= 15 is 0 Å². The molecule has 0 radical (unpaired) electrons. The number of rotatable bonds is 1. The summed E-state index contributed by atoms with van der Waals surface area (Å²) in [6, 6.07) is 14.3. The van der Waals surface area contributed by atoms with Crippen molar-refractivity contribution in [3.8, 4) is 11.1 Å². The van der Waals surface area contributed by atoms with Crippen molar-refractivity contribution in [2.24, 2.45) is 0 Å². The number of hydrogen-bond donors (Lipinski definition) is 0. The van der Waals surface area contributed by atoms with E-state index in [2.05, 4.69) is 64.1 Å². The van der Waals surface area contributed by atoms with Gasteiger partial charge in [-0.1, -0.05) is 48.7 Å². The molecule has 0 saturated heterocycles. The van der Waals surface area contributed by atoms with E-state index in [0.29, 0.717) is 0 Å². The summed E-state index contributed by atoms with van der Waals surface area (Å²) in [6.07, 6.45) is 0. The van der Waals surface area contributed by atoms with Gasteiger partial charge in [-0.15, -0.1) is 5.56 Å². The third-order valence-corrected chi connectivity index (χ3v) is 2.96. The van der Waals surface area contributed by atoms with Crippen LogP contribution >= 0.6 is 0 Å². The van der Waals surface area contributed by atoms with Crippen molar-refractivity contribution in [3.05, 3.63) is 58.7 Å². The zero-order valence-corrected chi connectivity index (χ0v) is 13.7. The van der Waals surface area contributed by atoms with Crippen molar-refractivity contribution in [1.29, 1.82) is 0 Å². The summed E-state index contributed by atoms with van der Waals surface area (Å²) in [4.78, 5) is 0. The summed E-state index contributed by atoms with van der Waals surface area (Å²) in [7, 11) is 0. The molecule has 0 atom stereocenters. The molecule has 0 unspecified atom stereocenters. The van der Waals surface area contributed by atoms with Crippen molar-refractivity contribution in [2.75, 3.05) is 0 Å². The Morgan fingerprint density at radius 2 is 1.35 bits per heavy atom. The largest absolute Gasteiger partial charge is 0.180 e. The zero-order chi connectivity index (χ0) is 11.7. The number of benzene rings is 2. The molecule has 0 bridgehead atoms. The second kappa shape index (κ2) is 5.65. The summed E-state index contributed by atoms with van der Waals surface area (Å²) >= 11 is 0. The summed E-state index contributed by atoms with van der Waals surface area (Å²) < 4.78 is 0. The Hall–Kier alpha value is -0.872. The van der Waals surface area contributed by atoms with Crippen molar-refractivity contribution < 1.29 is 21.1 Å². The molecule has 2 rings (SSSR count). The van der Waals surface area contributed by atoms with Gasteiger partial charge in [0.1, 0.15) is 0 Å². The van der Waals surface area contributed by atoms with E-state index in [0.717, 1.165) is 0 Å². The van der Waals surface area contributed by atoms with Gasteiger partial charge in [-0.3, -0.25) is 0 Å². The van der Waals surface area contributed by atoms with Gasteiger partial charge in [-0.25, -0.2) is 0 Å². The molecule has 1 heteroatoms. The van der Waals surface area contributed by atoms with E-state index in [4.69, 9.17) is 0 Å². The van der Waals surface area contributed by atoms with E-state index in [1.165, 1.54) is 33.4 Å². The van der Waals surface area contributed by atoms with Gasteiger partial charge in [0.05, 0.1) is 0 Å². The Bertz CT molecular complexity index is 507. The maximum atomic E-state index is 3.31. The molecule has 88 valence electrons. The van der Waals surface area contributed by atoms with Crippen LogP contribution in [0.1, 0.15) is 22.3 Å². The van der Waals surface area contributed by atoms with Crippen LogP contribution in [0.5, 0.6) is 0 Å². The molecule has 0 amide bonds. The molecule has 0 heterocycles. The first-order chi connectivity index (χ1) is 7.56. The van der Waals surface area contributed by atoms with E-state index in [1.54, 1.807) is 0 Å². The molecule has 0 aromatic heterocycles. The van der Waals surface area contributed by atoms with Gasteiger partial charge in [0, 0.05) is 21.1 Å². The van der Waals surface area contributed by atoms with Crippen LogP contribution in [-0.4, -0.2) is 0 Å². The monoisotopic (exact) mass is 393 g/mol. The molecule has 2 aromatic rings. The van der Waals surface area contributed by atoms with Crippen molar-refractivity contribution in [2.45, 2.75) is 27.7 Å². The fourth-order valence-electron chi connectivity index (χ4n) is 1.99. The van der Waals surface area contributed by atoms with E-state index in [9.17, 15) is 0 Å². The second-order valence-electron chi connectivity index (χ2n) is 4.57. The Labute approximate surface area is 118 Å². The first kappa shape index (κ1) is 14.2. The quantitative estimate of drug-likeness (QED) is 0.631. The van der Waals surface area contributed by atoms with Crippen LogP contribution in [0.15, 0.2) is 30.3 Å². The van der Waals surface area contributed by atoms with E-state index < -0.39 is 0 Å². The SMILES string of the molecule is Cc1cc(C)cc(-c2c[c-]c(C)c(C)c2)c1.[W]. The van der Waals surface area contributed by atoms with Gasteiger partial charge >= 0.3 is 0 Å². The molecule has 0 aliphatic carbocycles. The molecule has 0 N–H and O–H groups in total. The Kier molecular flexibility index (Phi) is 4.71. The average molecular weight is 393 g/mol. The topological polar surface area (TPSA) is 0 Å². The summed E-state index contributed by atoms with van der Waals surface area (Å²) in [5.74, 6) is 0. The Morgan fingerprint density at radius 1 is 0.765 bits per heavy atom. The molecule has 0 aliphatic heterocycles. The molecule has 17 heavy (non-hydrogen) atoms. The molecule has 2 aromatic carbocycles. The predicted molar refractivity (Wildman–Crippen MR) is 69.7 cm³/mol. The molecule has 0 spiro atoms. The van der Waals surface area contributed by atoms with Gasteiger partial charge in [0.15, 0.2) is 0 Å². The average Bonchev–Trinajstić information content (AvgIpc) is 2.20. The smallest absolute Gasteiger partial charge is 0 e. The minimum absolute atomic E-state index is 0. The van der Waals surface area contributed by atoms with Gasteiger partial charge in [0.25, 0.3) is 0 Å². The van der Waals surface area contributed by atoms with Gasteiger partial charge in [-0.2, -0.15) is 29.3 Å². The molecule has 0 fully saturated rings. The fraction of sp³-hybridized carbons (Fsp3) is 0.250. The van der Waals surface area contributed by atoms with Gasteiger partial charge in [0.2, 0.25) is 0 Å². The van der Waals surface area contributed by atoms with Crippen LogP contribution in [0.3, 0.4) is 0 Å². The maximum Gasteiger partial charge on any atom is 0 e. The standard InChI is InChI=1S/C16H17.W/c1-11-7-12(2)9-16(8-11)15-6-5-13(3)14(4)10-15;/h6-10H,1-4H3;/q-1;. The van der Waals surface area contributed by atoms with Crippen LogP contribution in [0.4, 0.5) is 0 Å². The summed E-state index contributed by atoms with van der Waals surface area (Å²) in [5.41, 5.74) is 7.71. The third-order valence-electron chi connectivity index (χ3n) is 2.96. The molecule has 0 aliphatic rings. The minimum atomic E-state index is 0. The third kappa shape index (κ3) is 3.30. The summed E-state index contributed by atoms with van der Waals surface area (Å²) in [6.45, 7) is 8.51. The fourth-order valence-corrected chi connectivity index (χ4v) is 1.99. The maximum absolute atomic E-state index is 3.31. The Balaban J connectivity index is 0.00000144. The molecule has 0 saturated carbocycles. The number of aryl methyl sites for hydroxylation is 4. The minimum Gasteiger partial charge on any atom is -0.180 e. The normalized spacial score (nSPS) is 9.88. The molecule has 0 nitrogen and oxygen atoms in total. The first-order valence-corrected chi connectivity index (χ1v) is 5.64. The van der Waals surface area contributed by atoms with Crippen molar-refractivity contribution in [3.63, 3.8) is 0 Å². The Morgan fingerprint density at radius 3 is 1.88 bits per heavy atom. The van der Waals surface area contributed by atoms with Crippen molar-refractivity contribution >= 4 is 0 Å². The zero-order valence-electron chi connectivity index (χ0n) is 10.8. The first-order valence-electron chi connectivity index (χ1n) is 5.64. The van der Waals surface area contributed by atoms with Crippen LogP contribution in [0.25, 0.3) is 11.1 Å². The molecular weight excluding hydrogens is 376 g/mol. The van der Waals surface area contributed by atoms with Crippen LogP contribution in [-0.2, 0) is 21.1 Å². The van der Waals surface area contributed by atoms with Crippen LogP contribution in [0, 0.1) is 33.8 Å². The van der Waals surface area contributed by atoms with Crippen molar-refractivity contribution in [1.82, 2.24) is 0 Å².